The molecule has 0 radical (unpaired) electrons. The molecule has 0 saturated carbocycles. The number of hydrogen-bond acceptors (Lipinski definition) is 4. The lowest BCUT2D eigenvalue weighted by atomic mass is 10.1. The Morgan fingerprint density at radius 1 is 1.16 bits per heavy atom. The van der Waals surface area contributed by atoms with Crippen LogP contribution in [0.1, 0.15) is 19.8 Å². The van der Waals surface area contributed by atoms with E-state index in [9.17, 15) is 14.4 Å². The molecule has 0 aliphatic carbocycles. The highest BCUT2D eigenvalue weighted by Crippen LogP contribution is 2.30. The summed E-state index contributed by atoms with van der Waals surface area (Å²) in [5.74, 6) is -0.451. The number of nitrogens with one attached hydrogen (secondary N) is 2. The second kappa shape index (κ2) is 10.5. The molecule has 1 unspecified atom stereocenters. The predicted octanol–water partition coefficient (Wildman–Crippen LogP) is 3.89. The molecule has 1 aliphatic heterocycles. The van der Waals surface area contributed by atoms with Crippen molar-refractivity contribution in [2.45, 2.75) is 19.8 Å². The maximum atomic E-state index is 12.3. The Balaban J connectivity index is 1.53. The summed E-state index contributed by atoms with van der Waals surface area (Å²) < 4.78 is 5.50. The molecule has 2 aromatic rings. The fourth-order valence-corrected chi connectivity index (χ4v) is 3.53. The zero-order valence-corrected chi connectivity index (χ0v) is 18.5. The van der Waals surface area contributed by atoms with Gasteiger partial charge in [-0.25, -0.2) is 0 Å². The Morgan fingerprint density at radius 2 is 1.90 bits per heavy atom. The van der Waals surface area contributed by atoms with Gasteiger partial charge < -0.3 is 20.3 Å². The lowest BCUT2D eigenvalue weighted by Gasteiger charge is -2.17. The van der Waals surface area contributed by atoms with Crippen LogP contribution >= 0.6 is 23.2 Å². The molecule has 1 saturated heterocycles. The number of hydrogen-bond donors (Lipinski definition) is 2. The van der Waals surface area contributed by atoms with Gasteiger partial charge in [0.1, 0.15) is 5.75 Å². The molecule has 1 heterocycles. The molecule has 1 aliphatic rings. The summed E-state index contributed by atoms with van der Waals surface area (Å²) in [5.41, 5.74) is 1.08. The second-order valence-corrected chi connectivity index (χ2v) is 7.91. The number of ether oxygens (including phenoxy) is 1. The van der Waals surface area contributed by atoms with E-state index in [1.165, 1.54) is 0 Å². The molecule has 31 heavy (non-hydrogen) atoms. The number of anilines is 2. The van der Waals surface area contributed by atoms with Crippen LogP contribution in [0.3, 0.4) is 0 Å². The number of amides is 3. The first kappa shape index (κ1) is 22.9. The van der Waals surface area contributed by atoms with Gasteiger partial charge in [0, 0.05) is 25.2 Å². The summed E-state index contributed by atoms with van der Waals surface area (Å²) in [4.78, 5) is 38.2. The van der Waals surface area contributed by atoms with Crippen molar-refractivity contribution >= 4 is 52.3 Å². The van der Waals surface area contributed by atoms with Gasteiger partial charge >= 0.3 is 0 Å². The first-order valence-corrected chi connectivity index (χ1v) is 10.7. The van der Waals surface area contributed by atoms with E-state index in [1.807, 2.05) is 6.92 Å². The molecule has 2 N–H and O–H groups in total. The van der Waals surface area contributed by atoms with E-state index >= 15 is 0 Å². The molecule has 7 nitrogen and oxygen atoms in total. The zero-order chi connectivity index (χ0) is 22.4. The Bertz CT molecular complexity index is 966. The highest BCUT2D eigenvalue weighted by Gasteiger charge is 2.34. The topological polar surface area (TPSA) is 87.7 Å². The summed E-state index contributed by atoms with van der Waals surface area (Å²) in [6.45, 7) is 2.71. The largest absolute Gasteiger partial charge is 0.484 e. The highest BCUT2D eigenvalue weighted by atomic mass is 35.5. The third kappa shape index (κ3) is 5.89. The minimum Gasteiger partial charge on any atom is -0.484 e. The van der Waals surface area contributed by atoms with E-state index in [-0.39, 0.29) is 41.7 Å². The minimum atomic E-state index is -0.385. The summed E-state index contributed by atoms with van der Waals surface area (Å²) in [5, 5.41) is 6.09. The molecular weight excluding hydrogens is 441 g/mol. The van der Waals surface area contributed by atoms with E-state index in [4.69, 9.17) is 27.9 Å². The van der Waals surface area contributed by atoms with Crippen molar-refractivity contribution in [2.24, 2.45) is 5.92 Å². The standard InChI is InChI=1S/C22H23Cl2N3O4/c1-2-10-25-22(30)14-11-20(29)27(12-14)15-6-8-16(9-7-15)31-13-19(28)26-18-5-3-4-17(23)21(18)24/h3-9,14H,2,10-13H2,1H3,(H,25,30)(H,26,28). The normalized spacial score (nSPS) is 15.6. The minimum absolute atomic E-state index is 0.0940. The van der Waals surface area contributed by atoms with E-state index in [0.29, 0.717) is 35.2 Å². The fraction of sp³-hybridized carbons (Fsp3) is 0.318. The second-order valence-electron chi connectivity index (χ2n) is 7.13. The van der Waals surface area contributed by atoms with Gasteiger partial charge in [0.25, 0.3) is 5.91 Å². The Labute approximate surface area is 190 Å². The number of benzene rings is 2. The van der Waals surface area contributed by atoms with Crippen molar-refractivity contribution in [3.05, 3.63) is 52.5 Å². The Kier molecular flexibility index (Phi) is 7.76. The van der Waals surface area contributed by atoms with Gasteiger partial charge in [-0.15, -0.1) is 0 Å². The molecule has 1 fully saturated rings. The first-order chi connectivity index (χ1) is 14.9. The van der Waals surface area contributed by atoms with Crippen molar-refractivity contribution in [3.8, 4) is 5.75 Å². The molecule has 1 atom stereocenters. The van der Waals surface area contributed by atoms with Crippen LogP contribution in [0, 0.1) is 5.92 Å². The molecule has 9 heteroatoms. The van der Waals surface area contributed by atoms with E-state index in [2.05, 4.69) is 10.6 Å². The fourth-order valence-electron chi connectivity index (χ4n) is 3.18. The molecule has 0 aromatic heterocycles. The smallest absolute Gasteiger partial charge is 0.262 e. The number of carbonyl (C=O) groups is 3. The molecule has 164 valence electrons. The van der Waals surface area contributed by atoms with E-state index in [0.717, 1.165) is 6.42 Å². The summed E-state index contributed by atoms with van der Waals surface area (Å²) >= 11 is 12.0. The SMILES string of the molecule is CCCNC(=O)C1CC(=O)N(c2ccc(OCC(=O)Nc3cccc(Cl)c3Cl)cc2)C1. The van der Waals surface area contributed by atoms with Crippen molar-refractivity contribution in [1.29, 1.82) is 0 Å². The average molecular weight is 464 g/mol. The quantitative estimate of drug-likeness (QED) is 0.621. The zero-order valence-electron chi connectivity index (χ0n) is 17.0. The van der Waals surface area contributed by atoms with Crippen LogP contribution in [0.15, 0.2) is 42.5 Å². The number of halogens is 2. The third-order valence-corrected chi connectivity index (χ3v) is 5.61. The summed E-state index contributed by atoms with van der Waals surface area (Å²) in [6, 6.07) is 11.8. The van der Waals surface area contributed by atoms with E-state index < -0.39 is 0 Å². The molecule has 0 bridgehead atoms. The van der Waals surface area contributed by atoms with Gasteiger partial charge in [-0.05, 0) is 42.8 Å². The van der Waals surface area contributed by atoms with Gasteiger partial charge in [0.2, 0.25) is 11.8 Å². The number of rotatable bonds is 8. The molecule has 0 spiro atoms. The maximum Gasteiger partial charge on any atom is 0.262 e. The number of nitrogens with zero attached hydrogens (tertiary/aromatic N) is 1. The summed E-state index contributed by atoms with van der Waals surface area (Å²) in [6.07, 6.45) is 1.04. The monoisotopic (exact) mass is 463 g/mol. The lowest BCUT2D eigenvalue weighted by molar-refractivity contribution is -0.126. The van der Waals surface area contributed by atoms with Crippen molar-refractivity contribution in [1.82, 2.24) is 5.32 Å². The third-order valence-electron chi connectivity index (χ3n) is 4.79. The molecule has 2 aromatic carbocycles. The first-order valence-electron chi connectivity index (χ1n) is 9.93. The maximum absolute atomic E-state index is 12.3. The van der Waals surface area contributed by atoms with Gasteiger partial charge in [0.15, 0.2) is 6.61 Å². The lowest BCUT2D eigenvalue weighted by Crippen LogP contribution is -2.33. The highest BCUT2D eigenvalue weighted by molar-refractivity contribution is 6.44. The average Bonchev–Trinajstić information content (AvgIpc) is 3.16. The van der Waals surface area contributed by atoms with Crippen molar-refractivity contribution in [3.63, 3.8) is 0 Å². The van der Waals surface area contributed by atoms with Crippen LogP contribution < -0.4 is 20.3 Å². The van der Waals surface area contributed by atoms with Crippen molar-refractivity contribution < 1.29 is 19.1 Å². The van der Waals surface area contributed by atoms with Crippen LogP contribution in [0.4, 0.5) is 11.4 Å². The van der Waals surface area contributed by atoms with Gasteiger partial charge in [0.05, 0.1) is 21.7 Å². The van der Waals surface area contributed by atoms with Gasteiger partial charge in [-0.2, -0.15) is 0 Å². The van der Waals surface area contributed by atoms with Crippen LogP contribution in [0.5, 0.6) is 5.75 Å². The van der Waals surface area contributed by atoms with Gasteiger partial charge in [-0.1, -0.05) is 36.2 Å². The van der Waals surface area contributed by atoms with E-state index in [1.54, 1.807) is 47.4 Å². The summed E-state index contributed by atoms with van der Waals surface area (Å²) in [7, 11) is 0. The predicted molar refractivity (Wildman–Crippen MR) is 121 cm³/mol. The van der Waals surface area contributed by atoms with Crippen LogP contribution in [0.25, 0.3) is 0 Å². The molecule has 3 amide bonds. The number of carbonyl (C=O) groups excluding carboxylic acids is 3. The molecular formula is C22H23Cl2N3O4. The Hall–Kier alpha value is -2.77. The van der Waals surface area contributed by atoms with Crippen LogP contribution in [-0.2, 0) is 14.4 Å². The Morgan fingerprint density at radius 3 is 2.61 bits per heavy atom. The van der Waals surface area contributed by atoms with Crippen LogP contribution in [0.2, 0.25) is 10.0 Å². The van der Waals surface area contributed by atoms with Crippen LogP contribution in [-0.4, -0.2) is 37.4 Å². The van der Waals surface area contributed by atoms with Gasteiger partial charge in [-0.3, -0.25) is 14.4 Å². The van der Waals surface area contributed by atoms with Crippen molar-refractivity contribution in [2.75, 3.05) is 29.9 Å². The molecule has 3 rings (SSSR count).